The number of nitrogens with zero attached hydrogens (tertiary/aromatic N) is 1. The Bertz CT molecular complexity index is 1250. The summed E-state index contributed by atoms with van der Waals surface area (Å²) in [4.78, 5) is 29.0. The van der Waals surface area contributed by atoms with Crippen LogP contribution < -0.4 is 16.4 Å². The second-order valence-corrected chi connectivity index (χ2v) is 8.26. The van der Waals surface area contributed by atoms with Gasteiger partial charge in [-0.2, -0.15) is 0 Å². The molecule has 0 unspecified atom stereocenters. The Hall–Kier alpha value is -3.55. The first-order valence-corrected chi connectivity index (χ1v) is 10.7. The molecule has 0 bridgehead atoms. The van der Waals surface area contributed by atoms with E-state index in [0.29, 0.717) is 12.2 Å². The minimum Gasteiger partial charge on any atom is -0.344 e. The van der Waals surface area contributed by atoms with E-state index in [1.165, 1.54) is 5.56 Å². The van der Waals surface area contributed by atoms with Crippen LogP contribution in [0, 0.1) is 6.92 Å². The number of thiazole rings is 1. The summed E-state index contributed by atoms with van der Waals surface area (Å²) >= 11 is 1.63. The number of hydrogen-bond donors (Lipinski definition) is 3. The van der Waals surface area contributed by atoms with Crippen molar-refractivity contribution < 1.29 is 9.59 Å². The summed E-state index contributed by atoms with van der Waals surface area (Å²) < 4.78 is 1.14. The molecular weight excluding hydrogens is 408 g/mol. The van der Waals surface area contributed by atoms with Crippen molar-refractivity contribution in [3.05, 3.63) is 83.4 Å². The topological polar surface area (TPSA) is 97.1 Å². The molecule has 7 heteroatoms. The van der Waals surface area contributed by atoms with E-state index in [0.717, 1.165) is 31.9 Å². The summed E-state index contributed by atoms with van der Waals surface area (Å²) in [6, 6.07) is 21.1. The van der Waals surface area contributed by atoms with Gasteiger partial charge >= 0.3 is 11.8 Å². The van der Waals surface area contributed by atoms with Crippen molar-refractivity contribution in [3.8, 4) is 10.6 Å². The maximum absolute atomic E-state index is 12.2. The molecule has 0 aliphatic carbocycles. The smallest absolute Gasteiger partial charge is 0.313 e. The van der Waals surface area contributed by atoms with E-state index in [2.05, 4.69) is 28.6 Å². The van der Waals surface area contributed by atoms with Crippen LogP contribution in [0.4, 0.5) is 5.69 Å². The predicted molar refractivity (Wildman–Crippen MR) is 125 cm³/mol. The SMILES string of the molecule is Cc1ccc2nc(-c3ccc(NC(=O)C(=O)NCc4cccc(CN)c4)cc3)sc2c1. The highest BCUT2D eigenvalue weighted by atomic mass is 32.1. The first-order valence-electron chi connectivity index (χ1n) is 9.86. The number of aryl methyl sites for hydroxylation is 1. The van der Waals surface area contributed by atoms with E-state index in [-0.39, 0.29) is 6.54 Å². The Kier molecular flexibility index (Phi) is 6.06. The molecular formula is C24H22N4O2S. The molecule has 6 nitrogen and oxygen atoms in total. The van der Waals surface area contributed by atoms with E-state index in [1.807, 2.05) is 48.5 Å². The number of nitrogens with two attached hydrogens (primary N) is 1. The van der Waals surface area contributed by atoms with Crippen LogP contribution in [0.25, 0.3) is 20.8 Å². The number of carbonyl (C=O) groups is 2. The van der Waals surface area contributed by atoms with Crippen LogP contribution in [-0.2, 0) is 22.7 Å². The Morgan fingerprint density at radius 1 is 0.968 bits per heavy atom. The zero-order valence-corrected chi connectivity index (χ0v) is 17.8. The number of anilines is 1. The molecule has 0 fully saturated rings. The number of amides is 2. The third-order valence-corrected chi connectivity index (χ3v) is 5.89. The third kappa shape index (κ3) is 4.96. The quantitative estimate of drug-likeness (QED) is 0.417. The van der Waals surface area contributed by atoms with Gasteiger partial charge in [0.1, 0.15) is 5.01 Å². The molecule has 0 radical (unpaired) electrons. The van der Waals surface area contributed by atoms with Gasteiger partial charge in [-0.1, -0.05) is 30.3 Å². The molecule has 1 aromatic heterocycles. The van der Waals surface area contributed by atoms with E-state index in [4.69, 9.17) is 5.73 Å². The van der Waals surface area contributed by atoms with Crippen molar-refractivity contribution in [1.29, 1.82) is 0 Å². The minimum absolute atomic E-state index is 0.260. The summed E-state index contributed by atoms with van der Waals surface area (Å²) in [5, 5.41) is 6.16. The van der Waals surface area contributed by atoms with Gasteiger partial charge < -0.3 is 16.4 Å². The van der Waals surface area contributed by atoms with Crippen LogP contribution in [0.15, 0.2) is 66.7 Å². The average Bonchev–Trinajstić information content (AvgIpc) is 3.21. The lowest BCUT2D eigenvalue weighted by Gasteiger charge is -2.08. The molecule has 0 aliphatic rings. The van der Waals surface area contributed by atoms with Crippen molar-refractivity contribution in [2.45, 2.75) is 20.0 Å². The fourth-order valence-corrected chi connectivity index (χ4v) is 4.24. The lowest BCUT2D eigenvalue weighted by molar-refractivity contribution is -0.136. The summed E-state index contributed by atoms with van der Waals surface area (Å²) in [5.41, 5.74) is 11.2. The van der Waals surface area contributed by atoms with E-state index in [9.17, 15) is 9.59 Å². The molecule has 4 aromatic rings. The van der Waals surface area contributed by atoms with Gasteiger partial charge in [-0.3, -0.25) is 9.59 Å². The Labute approximate surface area is 184 Å². The van der Waals surface area contributed by atoms with Crippen LogP contribution in [0.1, 0.15) is 16.7 Å². The molecule has 1 heterocycles. The summed E-state index contributed by atoms with van der Waals surface area (Å²) in [5.74, 6) is -1.40. The molecule has 0 saturated carbocycles. The Morgan fingerprint density at radius 2 is 1.74 bits per heavy atom. The van der Waals surface area contributed by atoms with Gasteiger partial charge in [0.2, 0.25) is 0 Å². The number of rotatable bonds is 5. The Morgan fingerprint density at radius 3 is 2.52 bits per heavy atom. The van der Waals surface area contributed by atoms with Gasteiger partial charge in [0.25, 0.3) is 0 Å². The van der Waals surface area contributed by atoms with E-state index < -0.39 is 11.8 Å². The van der Waals surface area contributed by atoms with Crippen molar-refractivity contribution >= 4 is 39.1 Å². The second-order valence-electron chi connectivity index (χ2n) is 7.23. The van der Waals surface area contributed by atoms with Crippen LogP contribution in [0.2, 0.25) is 0 Å². The number of fused-ring (bicyclic) bond motifs is 1. The number of benzene rings is 3. The maximum Gasteiger partial charge on any atom is 0.313 e. The zero-order chi connectivity index (χ0) is 21.8. The molecule has 0 aliphatic heterocycles. The van der Waals surface area contributed by atoms with Gasteiger partial charge in [0.05, 0.1) is 10.2 Å². The van der Waals surface area contributed by atoms with Crippen molar-refractivity contribution in [3.63, 3.8) is 0 Å². The molecule has 156 valence electrons. The van der Waals surface area contributed by atoms with Crippen molar-refractivity contribution in [2.75, 3.05) is 5.32 Å². The summed E-state index contributed by atoms with van der Waals surface area (Å²) in [7, 11) is 0. The summed E-state index contributed by atoms with van der Waals surface area (Å²) in [6.07, 6.45) is 0. The molecule has 0 atom stereocenters. The molecule has 31 heavy (non-hydrogen) atoms. The van der Waals surface area contributed by atoms with Gasteiger partial charge in [-0.25, -0.2) is 4.98 Å². The fourth-order valence-electron chi connectivity index (χ4n) is 3.17. The highest BCUT2D eigenvalue weighted by Crippen LogP contribution is 2.31. The third-order valence-electron chi connectivity index (χ3n) is 4.82. The van der Waals surface area contributed by atoms with Crippen LogP contribution in [0.5, 0.6) is 0 Å². The van der Waals surface area contributed by atoms with E-state index in [1.54, 1.807) is 23.5 Å². The maximum atomic E-state index is 12.2. The lowest BCUT2D eigenvalue weighted by Crippen LogP contribution is -2.34. The largest absolute Gasteiger partial charge is 0.344 e. The highest BCUT2D eigenvalue weighted by molar-refractivity contribution is 7.21. The number of nitrogens with one attached hydrogen (secondary N) is 2. The monoisotopic (exact) mass is 430 g/mol. The molecule has 0 spiro atoms. The van der Waals surface area contributed by atoms with E-state index >= 15 is 0 Å². The van der Waals surface area contributed by atoms with Crippen LogP contribution >= 0.6 is 11.3 Å². The Balaban J connectivity index is 1.37. The number of aromatic nitrogens is 1. The molecule has 3 aromatic carbocycles. The zero-order valence-electron chi connectivity index (χ0n) is 17.0. The number of hydrogen-bond acceptors (Lipinski definition) is 5. The summed E-state index contributed by atoms with van der Waals surface area (Å²) in [6.45, 7) is 2.74. The lowest BCUT2D eigenvalue weighted by atomic mass is 10.1. The molecule has 4 N–H and O–H groups in total. The predicted octanol–water partition coefficient (Wildman–Crippen LogP) is 3.99. The normalized spacial score (nSPS) is 10.8. The molecule has 4 rings (SSSR count). The highest BCUT2D eigenvalue weighted by Gasteiger charge is 2.14. The number of carbonyl (C=O) groups excluding carboxylic acids is 2. The van der Waals surface area contributed by atoms with Crippen LogP contribution in [-0.4, -0.2) is 16.8 Å². The first kappa shape index (κ1) is 20.7. The molecule has 0 saturated heterocycles. The van der Waals surface area contributed by atoms with Crippen molar-refractivity contribution in [1.82, 2.24) is 10.3 Å². The molecule has 2 amide bonds. The van der Waals surface area contributed by atoms with Gasteiger partial charge in [-0.15, -0.1) is 11.3 Å². The average molecular weight is 431 g/mol. The van der Waals surface area contributed by atoms with Gasteiger partial charge in [0.15, 0.2) is 0 Å². The van der Waals surface area contributed by atoms with Gasteiger partial charge in [-0.05, 0) is 60.0 Å². The standard InChI is InChI=1S/C24H22N4O2S/c1-15-5-10-20-21(11-15)31-24(28-20)18-6-8-19(9-7-18)27-23(30)22(29)26-14-17-4-2-3-16(12-17)13-25/h2-12H,13-14,25H2,1H3,(H,26,29)(H,27,30). The minimum atomic E-state index is -0.710. The second kappa shape index (κ2) is 9.07. The first-order chi connectivity index (χ1) is 15.0. The van der Waals surface area contributed by atoms with Gasteiger partial charge in [0, 0.05) is 24.3 Å². The van der Waals surface area contributed by atoms with Crippen LogP contribution in [0.3, 0.4) is 0 Å². The fraction of sp³-hybridized carbons (Fsp3) is 0.125. The van der Waals surface area contributed by atoms with Crippen molar-refractivity contribution in [2.24, 2.45) is 5.73 Å².